The largest absolute Gasteiger partial charge is 0.489 e. The summed E-state index contributed by atoms with van der Waals surface area (Å²) in [5.41, 5.74) is 1.75. The second-order valence-corrected chi connectivity index (χ2v) is 6.38. The Kier molecular flexibility index (Phi) is 4.86. The zero-order valence-corrected chi connectivity index (χ0v) is 14.4. The molecule has 0 spiro atoms. The minimum Gasteiger partial charge on any atom is -0.489 e. The molecule has 0 radical (unpaired) electrons. The highest BCUT2D eigenvalue weighted by Crippen LogP contribution is 2.23. The first kappa shape index (κ1) is 16.5. The van der Waals surface area contributed by atoms with Crippen molar-refractivity contribution in [3.05, 3.63) is 66.1 Å². The molecule has 0 aliphatic rings. The van der Waals surface area contributed by atoms with E-state index in [0.29, 0.717) is 11.6 Å². The topological polar surface area (TPSA) is 17.4 Å². The molecule has 24 heavy (non-hydrogen) atoms. The molecule has 0 aliphatic heterocycles. The molecule has 0 saturated heterocycles. The zero-order valence-electron chi connectivity index (χ0n) is 14.4. The normalized spacial score (nSPS) is 12.7. The molecule has 0 fully saturated rings. The second kappa shape index (κ2) is 7.05. The maximum Gasteiger partial charge on any atom is 0.129 e. The fourth-order valence-electron chi connectivity index (χ4n) is 2.65. The van der Waals surface area contributed by atoms with Crippen LogP contribution in [0.2, 0.25) is 0 Å². The summed E-state index contributed by atoms with van der Waals surface area (Å²) in [6, 6.07) is 15.3. The highest BCUT2D eigenvalue weighted by Gasteiger charge is 2.09. The van der Waals surface area contributed by atoms with E-state index in [2.05, 4.69) is 48.8 Å². The van der Waals surface area contributed by atoms with Crippen LogP contribution in [-0.4, -0.2) is 29.6 Å². The van der Waals surface area contributed by atoms with Crippen LogP contribution in [0.4, 0.5) is 4.39 Å². The SMILES string of the molecule is C[C@H](Cn1ccc2cc(OCc3ccccc3F)ccc21)N(C)C. The first-order chi connectivity index (χ1) is 11.5. The third kappa shape index (κ3) is 3.60. The summed E-state index contributed by atoms with van der Waals surface area (Å²) in [5.74, 6) is 0.520. The average molecular weight is 326 g/mol. The molecule has 0 amide bonds. The number of likely N-dealkylation sites (N-methyl/N-ethyl adjacent to an activating group) is 1. The van der Waals surface area contributed by atoms with Gasteiger partial charge in [-0.2, -0.15) is 0 Å². The summed E-state index contributed by atoms with van der Waals surface area (Å²) >= 11 is 0. The molecule has 3 nitrogen and oxygen atoms in total. The molecule has 0 saturated carbocycles. The second-order valence-electron chi connectivity index (χ2n) is 6.38. The molecule has 4 heteroatoms. The predicted molar refractivity (Wildman–Crippen MR) is 95.8 cm³/mol. The van der Waals surface area contributed by atoms with Gasteiger partial charge in [0.15, 0.2) is 0 Å². The van der Waals surface area contributed by atoms with Gasteiger partial charge in [-0.05, 0) is 51.4 Å². The van der Waals surface area contributed by atoms with Gasteiger partial charge in [-0.15, -0.1) is 0 Å². The molecule has 1 heterocycles. The van der Waals surface area contributed by atoms with Gasteiger partial charge in [-0.1, -0.05) is 18.2 Å². The minimum atomic E-state index is -0.234. The molecule has 3 rings (SSSR count). The van der Waals surface area contributed by atoms with Gasteiger partial charge in [-0.3, -0.25) is 0 Å². The van der Waals surface area contributed by atoms with Gasteiger partial charge in [0, 0.05) is 35.2 Å². The molecule has 3 aromatic rings. The first-order valence-corrected chi connectivity index (χ1v) is 8.16. The molecule has 2 aromatic carbocycles. The molecular formula is C20H23FN2O. The minimum absolute atomic E-state index is 0.233. The van der Waals surface area contributed by atoms with E-state index in [1.54, 1.807) is 12.1 Å². The summed E-state index contributed by atoms with van der Waals surface area (Å²) in [4.78, 5) is 2.21. The summed E-state index contributed by atoms with van der Waals surface area (Å²) in [7, 11) is 4.18. The van der Waals surface area contributed by atoms with E-state index in [1.165, 1.54) is 11.6 Å². The van der Waals surface area contributed by atoms with Crippen LogP contribution in [0.3, 0.4) is 0 Å². The van der Waals surface area contributed by atoms with E-state index < -0.39 is 0 Å². The lowest BCUT2D eigenvalue weighted by Crippen LogP contribution is -2.28. The zero-order chi connectivity index (χ0) is 17.1. The highest BCUT2D eigenvalue weighted by atomic mass is 19.1. The standard InChI is InChI=1S/C20H23FN2O/c1-15(22(2)3)13-23-11-10-16-12-18(8-9-20(16)23)24-14-17-6-4-5-7-19(17)21/h4-12,15H,13-14H2,1-3H3/t15-/m1/s1. The van der Waals surface area contributed by atoms with Crippen molar-refractivity contribution in [3.8, 4) is 5.75 Å². The van der Waals surface area contributed by atoms with E-state index in [4.69, 9.17) is 4.74 Å². The summed E-state index contributed by atoms with van der Waals surface area (Å²) in [5, 5.41) is 1.13. The van der Waals surface area contributed by atoms with E-state index >= 15 is 0 Å². The van der Waals surface area contributed by atoms with Crippen molar-refractivity contribution in [2.24, 2.45) is 0 Å². The Bertz CT molecular complexity index is 825. The number of nitrogens with zero attached hydrogens (tertiary/aromatic N) is 2. The van der Waals surface area contributed by atoms with E-state index in [9.17, 15) is 4.39 Å². The molecule has 0 bridgehead atoms. The number of rotatable bonds is 6. The average Bonchev–Trinajstić information content (AvgIpc) is 2.96. The van der Waals surface area contributed by atoms with Crippen LogP contribution in [0.25, 0.3) is 10.9 Å². The Balaban J connectivity index is 1.74. The number of hydrogen-bond donors (Lipinski definition) is 0. The lowest BCUT2D eigenvalue weighted by atomic mass is 10.2. The lowest BCUT2D eigenvalue weighted by molar-refractivity contribution is 0.286. The quantitative estimate of drug-likeness (QED) is 0.671. The highest BCUT2D eigenvalue weighted by molar-refractivity contribution is 5.81. The van der Waals surface area contributed by atoms with Gasteiger partial charge in [0.2, 0.25) is 0 Å². The maximum atomic E-state index is 13.6. The fraction of sp³-hybridized carbons (Fsp3) is 0.300. The van der Waals surface area contributed by atoms with Gasteiger partial charge in [0.1, 0.15) is 18.2 Å². The number of hydrogen-bond acceptors (Lipinski definition) is 2. The predicted octanol–water partition coefficient (Wildman–Crippen LogP) is 4.31. The fourth-order valence-corrected chi connectivity index (χ4v) is 2.65. The summed E-state index contributed by atoms with van der Waals surface area (Å²) in [6.45, 7) is 3.38. The van der Waals surface area contributed by atoms with Gasteiger partial charge >= 0.3 is 0 Å². The Morgan fingerprint density at radius 1 is 1.12 bits per heavy atom. The van der Waals surface area contributed by atoms with Crippen LogP contribution in [0.5, 0.6) is 5.75 Å². The van der Waals surface area contributed by atoms with Gasteiger partial charge in [0.05, 0.1) is 0 Å². The number of aromatic nitrogens is 1. The van der Waals surface area contributed by atoms with E-state index in [0.717, 1.165) is 17.7 Å². The van der Waals surface area contributed by atoms with Gasteiger partial charge in [-0.25, -0.2) is 4.39 Å². The van der Waals surface area contributed by atoms with Crippen molar-refractivity contribution in [1.29, 1.82) is 0 Å². The summed E-state index contributed by atoms with van der Waals surface area (Å²) < 4.78 is 21.7. The molecule has 1 aromatic heterocycles. The van der Waals surface area contributed by atoms with Gasteiger partial charge < -0.3 is 14.2 Å². The van der Waals surface area contributed by atoms with Crippen LogP contribution >= 0.6 is 0 Å². The third-order valence-corrected chi connectivity index (χ3v) is 4.44. The van der Waals surface area contributed by atoms with E-state index in [1.807, 2.05) is 18.2 Å². The van der Waals surface area contributed by atoms with E-state index in [-0.39, 0.29) is 12.4 Å². The van der Waals surface area contributed by atoms with Crippen LogP contribution < -0.4 is 4.74 Å². The summed E-state index contributed by atoms with van der Waals surface area (Å²) in [6.07, 6.45) is 2.10. The molecule has 0 unspecified atom stereocenters. The monoisotopic (exact) mass is 326 g/mol. The van der Waals surface area contributed by atoms with Crippen molar-refractivity contribution in [1.82, 2.24) is 9.47 Å². The van der Waals surface area contributed by atoms with Crippen LogP contribution in [-0.2, 0) is 13.2 Å². The Morgan fingerprint density at radius 3 is 2.67 bits per heavy atom. The third-order valence-electron chi connectivity index (χ3n) is 4.44. The number of halogens is 1. The van der Waals surface area contributed by atoms with Crippen molar-refractivity contribution in [2.45, 2.75) is 26.1 Å². The smallest absolute Gasteiger partial charge is 0.129 e. The Hall–Kier alpha value is -2.33. The van der Waals surface area contributed by atoms with Crippen LogP contribution in [0.15, 0.2) is 54.7 Å². The van der Waals surface area contributed by atoms with Crippen LogP contribution in [0, 0.1) is 5.82 Å². The van der Waals surface area contributed by atoms with Crippen molar-refractivity contribution >= 4 is 10.9 Å². The van der Waals surface area contributed by atoms with Gasteiger partial charge in [0.25, 0.3) is 0 Å². The molecule has 1 atom stereocenters. The Labute approximate surface area is 142 Å². The first-order valence-electron chi connectivity index (χ1n) is 8.16. The molecular weight excluding hydrogens is 303 g/mol. The number of ether oxygens (including phenoxy) is 1. The number of benzene rings is 2. The Morgan fingerprint density at radius 2 is 1.92 bits per heavy atom. The maximum absolute atomic E-state index is 13.6. The van der Waals surface area contributed by atoms with Crippen LogP contribution in [0.1, 0.15) is 12.5 Å². The van der Waals surface area contributed by atoms with Crippen molar-refractivity contribution < 1.29 is 9.13 Å². The molecule has 0 aliphatic carbocycles. The molecule has 126 valence electrons. The lowest BCUT2D eigenvalue weighted by Gasteiger charge is -2.20. The van der Waals surface area contributed by atoms with Crippen molar-refractivity contribution in [3.63, 3.8) is 0 Å². The van der Waals surface area contributed by atoms with Crippen molar-refractivity contribution in [2.75, 3.05) is 14.1 Å². The molecule has 0 N–H and O–H groups in total. The number of fused-ring (bicyclic) bond motifs is 1.